The molecule has 6 atom stereocenters. The van der Waals surface area contributed by atoms with E-state index >= 15 is 0 Å². The zero-order chi connectivity index (χ0) is 43.4. The van der Waals surface area contributed by atoms with Gasteiger partial charge >= 0.3 is 11.9 Å². The normalized spacial score (nSPS) is 14.2. The molecule has 320 valence electrons. The molecule has 2 rings (SSSR count). The predicted molar refractivity (Wildman–Crippen MR) is 212 cm³/mol. The fraction of sp³-hybridized carbons (Fsp3) is 0.513. The van der Waals surface area contributed by atoms with E-state index in [1.807, 2.05) is 0 Å². The van der Waals surface area contributed by atoms with E-state index < -0.39 is 90.1 Å². The molecule has 15 N–H and O–H groups in total. The number of carbonyl (C=O) groups is 7. The Morgan fingerprint density at radius 3 is 1.47 bits per heavy atom. The molecule has 0 aliphatic carbocycles. The van der Waals surface area contributed by atoms with Crippen LogP contribution in [0.25, 0.3) is 0 Å². The minimum absolute atomic E-state index is 0.0249. The first kappa shape index (κ1) is 48.4. The van der Waals surface area contributed by atoms with Gasteiger partial charge in [-0.3, -0.25) is 28.8 Å². The largest absolute Gasteiger partial charge is 0.508 e. The summed E-state index contributed by atoms with van der Waals surface area (Å²) in [6.45, 7) is 3.76. The SMILES string of the molecule is CC(C)[C@H](NC(=O)[C@H](CC(=O)O)NC(=O)[C@H](CCCCN)NC(=O)[C@@H](N)Cc1ccc(O)cc1)C(=O)N[C@@H](Cc1ccc(O)cc1)C(=O)N[C@@H](CCCCN)C(=O)O. The number of phenols is 2. The molecule has 0 aromatic heterocycles. The van der Waals surface area contributed by atoms with Gasteiger partial charge < -0.3 is 64.2 Å². The topological polar surface area (TPSA) is 339 Å². The Balaban J connectivity index is 2.29. The van der Waals surface area contributed by atoms with Crippen LogP contribution in [0.3, 0.4) is 0 Å². The molecule has 0 heterocycles. The molecule has 0 fully saturated rings. The highest BCUT2D eigenvalue weighted by molar-refractivity contribution is 5.97. The van der Waals surface area contributed by atoms with E-state index in [4.69, 9.17) is 17.2 Å². The maximum Gasteiger partial charge on any atom is 0.326 e. The lowest BCUT2D eigenvalue weighted by atomic mass is 9.99. The van der Waals surface area contributed by atoms with Crippen molar-refractivity contribution in [3.05, 3.63) is 59.7 Å². The molecule has 0 aliphatic heterocycles. The van der Waals surface area contributed by atoms with Gasteiger partial charge in [-0.2, -0.15) is 0 Å². The average Bonchev–Trinajstić information content (AvgIpc) is 3.16. The molecule has 2 aromatic carbocycles. The highest BCUT2D eigenvalue weighted by Crippen LogP contribution is 2.14. The van der Waals surface area contributed by atoms with Gasteiger partial charge in [0.25, 0.3) is 0 Å². The third-order valence-corrected chi connectivity index (χ3v) is 9.14. The van der Waals surface area contributed by atoms with E-state index in [1.165, 1.54) is 36.4 Å². The first-order valence-electron chi connectivity index (χ1n) is 19.1. The Morgan fingerprint density at radius 1 is 0.552 bits per heavy atom. The number of phenolic OH excluding ortho intramolecular Hbond substituents is 2. The summed E-state index contributed by atoms with van der Waals surface area (Å²) in [5.74, 6) is -7.78. The van der Waals surface area contributed by atoms with Crippen LogP contribution in [0.15, 0.2) is 48.5 Å². The number of rotatable bonds is 26. The quantitative estimate of drug-likeness (QED) is 0.0513. The number of hydrogen-bond donors (Lipinski definition) is 12. The summed E-state index contributed by atoms with van der Waals surface area (Å²) in [7, 11) is 0. The number of carboxylic acids is 2. The fourth-order valence-electron chi connectivity index (χ4n) is 5.83. The van der Waals surface area contributed by atoms with Crippen LogP contribution < -0.4 is 43.8 Å². The molecule has 5 amide bonds. The van der Waals surface area contributed by atoms with Crippen LogP contribution in [0.5, 0.6) is 11.5 Å². The zero-order valence-corrected chi connectivity index (χ0v) is 32.8. The van der Waals surface area contributed by atoms with Gasteiger partial charge in [0.2, 0.25) is 29.5 Å². The number of carbonyl (C=O) groups excluding carboxylic acids is 5. The number of nitrogens with one attached hydrogen (secondary N) is 5. The van der Waals surface area contributed by atoms with Crippen LogP contribution in [0.4, 0.5) is 0 Å². The Kier molecular flexibility index (Phi) is 20.6. The molecule has 2 aromatic rings. The molecule has 0 unspecified atom stereocenters. The summed E-state index contributed by atoms with van der Waals surface area (Å²) in [5.41, 5.74) is 18.4. The van der Waals surface area contributed by atoms with Gasteiger partial charge in [0, 0.05) is 6.42 Å². The van der Waals surface area contributed by atoms with Gasteiger partial charge in [0.05, 0.1) is 12.5 Å². The summed E-state index contributed by atoms with van der Waals surface area (Å²) in [6.07, 6.45) is 0.967. The first-order chi connectivity index (χ1) is 27.4. The van der Waals surface area contributed by atoms with Crippen molar-refractivity contribution in [2.45, 2.75) is 108 Å². The summed E-state index contributed by atoms with van der Waals surface area (Å²) in [5, 5.41) is 51.1. The van der Waals surface area contributed by atoms with Gasteiger partial charge in [-0.1, -0.05) is 38.1 Å². The minimum atomic E-state index is -1.72. The van der Waals surface area contributed by atoms with Crippen molar-refractivity contribution >= 4 is 41.5 Å². The van der Waals surface area contributed by atoms with Gasteiger partial charge in [-0.15, -0.1) is 0 Å². The smallest absolute Gasteiger partial charge is 0.326 e. The molecule has 0 bridgehead atoms. The molecular weight excluding hydrogens is 756 g/mol. The van der Waals surface area contributed by atoms with Crippen LogP contribution in [0.2, 0.25) is 0 Å². The average molecular weight is 815 g/mol. The third kappa shape index (κ3) is 17.1. The van der Waals surface area contributed by atoms with Gasteiger partial charge in [-0.25, -0.2) is 4.79 Å². The van der Waals surface area contributed by atoms with Gasteiger partial charge in [-0.05, 0) is 99.3 Å². The molecule has 0 saturated carbocycles. The maximum absolute atomic E-state index is 13.8. The van der Waals surface area contributed by atoms with Crippen molar-refractivity contribution in [3.63, 3.8) is 0 Å². The Labute approximate surface area is 336 Å². The number of hydrogen-bond acceptors (Lipinski definition) is 12. The fourth-order valence-corrected chi connectivity index (χ4v) is 5.83. The Morgan fingerprint density at radius 2 is 0.983 bits per heavy atom. The molecule has 0 saturated heterocycles. The van der Waals surface area contributed by atoms with Crippen LogP contribution in [-0.2, 0) is 46.4 Å². The monoisotopic (exact) mass is 814 g/mol. The highest BCUT2D eigenvalue weighted by atomic mass is 16.4. The zero-order valence-electron chi connectivity index (χ0n) is 32.8. The second-order valence-electron chi connectivity index (χ2n) is 14.3. The summed E-state index contributed by atoms with van der Waals surface area (Å²) in [4.78, 5) is 91.5. The Hall–Kier alpha value is -5.79. The van der Waals surface area contributed by atoms with E-state index in [-0.39, 0.29) is 43.7 Å². The first-order valence-corrected chi connectivity index (χ1v) is 19.1. The van der Waals surface area contributed by atoms with Crippen LogP contribution in [0.1, 0.15) is 69.9 Å². The lowest BCUT2D eigenvalue weighted by Crippen LogP contribution is -2.60. The van der Waals surface area contributed by atoms with E-state index in [9.17, 15) is 54.0 Å². The number of carboxylic acid groups (broad SMARTS) is 2. The summed E-state index contributed by atoms with van der Waals surface area (Å²) < 4.78 is 0. The van der Waals surface area contributed by atoms with E-state index in [1.54, 1.807) is 26.0 Å². The van der Waals surface area contributed by atoms with E-state index in [0.717, 1.165) is 0 Å². The predicted octanol–water partition coefficient (Wildman–Crippen LogP) is -0.892. The number of benzene rings is 2. The number of aromatic hydroxyl groups is 2. The molecule has 58 heavy (non-hydrogen) atoms. The van der Waals surface area contributed by atoms with E-state index in [0.29, 0.717) is 43.4 Å². The van der Waals surface area contributed by atoms with E-state index in [2.05, 4.69) is 26.6 Å². The molecule has 0 aliphatic rings. The van der Waals surface area contributed by atoms with Crippen LogP contribution >= 0.6 is 0 Å². The third-order valence-electron chi connectivity index (χ3n) is 9.14. The van der Waals surface area contributed by atoms with Crippen LogP contribution in [0, 0.1) is 5.92 Å². The maximum atomic E-state index is 13.8. The van der Waals surface area contributed by atoms with Crippen molar-refractivity contribution < 1.29 is 54.0 Å². The van der Waals surface area contributed by atoms with Crippen molar-refractivity contribution in [2.24, 2.45) is 23.1 Å². The van der Waals surface area contributed by atoms with Gasteiger partial charge in [0.1, 0.15) is 41.7 Å². The summed E-state index contributed by atoms with van der Waals surface area (Å²) >= 11 is 0. The van der Waals surface area contributed by atoms with Crippen molar-refractivity contribution in [1.29, 1.82) is 0 Å². The lowest BCUT2D eigenvalue weighted by Gasteiger charge is -2.28. The van der Waals surface area contributed by atoms with Crippen molar-refractivity contribution in [3.8, 4) is 11.5 Å². The molecule has 0 radical (unpaired) electrons. The number of aliphatic carboxylic acids is 2. The highest BCUT2D eigenvalue weighted by Gasteiger charge is 2.35. The molecule has 19 heteroatoms. The van der Waals surface area contributed by atoms with Crippen molar-refractivity contribution in [2.75, 3.05) is 13.1 Å². The number of unbranched alkanes of at least 4 members (excludes halogenated alkanes) is 2. The number of amides is 5. The lowest BCUT2D eigenvalue weighted by molar-refractivity contribution is -0.142. The second-order valence-corrected chi connectivity index (χ2v) is 14.3. The standard InChI is InChI=1S/C39H58N8O11/c1-22(2)33(38(56)46-30(20-24-11-15-26(49)16-12-24)36(54)44-29(39(57)58)8-4-6-18-41)47-37(55)31(21-32(50)51)45-35(53)28(7-3-5-17-40)43-34(52)27(42)19-23-9-13-25(48)14-10-23/h9-16,22,27-31,33,48-49H,3-8,17-21,40-42H2,1-2H3,(H,43,52)(H,44,54)(H,45,53)(H,46,56)(H,47,55)(H,50,51)(H,57,58)/t27-,28-,29-,30-,31-,33-/m0/s1. The summed E-state index contributed by atoms with van der Waals surface area (Å²) in [6, 6.07) is 3.67. The van der Waals surface area contributed by atoms with Crippen molar-refractivity contribution in [1.82, 2.24) is 26.6 Å². The number of nitrogens with two attached hydrogens (primary N) is 3. The second kappa shape index (κ2) is 24.8. The van der Waals surface area contributed by atoms with Crippen LogP contribution in [-0.4, -0.2) is 111 Å². The molecule has 19 nitrogen and oxygen atoms in total. The Bertz CT molecular complexity index is 1670. The van der Waals surface area contributed by atoms with Gasteiger partial charge in [0.15, 0.2) is 0 Å². The molecule has 0 spiro atoms. The molecular formula is C39H58N8O11. The minimum Gasteiger partial charge on any atom is -0.508 e.